The molecular weight excluding hydrogens is 264 g/mol. The van der Waals surface area contributed by atoms with Gasteiger partial charge >= 0.3 is 0 Å². The van der Waals surface area contributed by atoms with Crippen molar-refractivity contribution in [2.24, 2.45) is 10.8 Å². The maximum Gasteiger partial charge on any atom is 0.0788 e. The Labute approximate surface area is 128 Å². The smallest absolute Gasteiger partial charge is 0.0788 e. The summed E-state index contributed by atoms with van der Waals surface area (Å²) in [5.74, 6) is 0. The Kier molecular flexibility index (Phi) is 2.76. The summed E-state index contributed by atoms with van der Waals surface area (Å²) in [5.41, 5.74) is 0.270. The Balaban J connectivity index is 1.74. The van der Waals surface area contributed by atoms with Gasteiger partial charge < -0.3 is 9.84 Å². The van der Waals surface area contributed by atoms with Crippen molar-refractivity contribution in [2.75, 3.05) is 32.8 Å². The lowest BCUT2D eigenvalue weighted by atomic mass is 9.56. The third-order valence-electron chi connectivity index (χ3n) is 6.94. The highest BCUT2D eigenvalue weighted by Gasteiger charge is 2.68. The summed E-state index contributed by atoms with van der Waals surface area (Å²) in [6.07, 6.45) is 3.13. The molecule has 0 radical (unpaired) electrons. The minimum atomic E-state index is -0.146. The van der Waals surface area contributed by atoms with E-state index < -0.39 is 0 Å². The van der Waals surface area contributed by atoms with E-state index in [9.17, 15) is 5.11 Å². The zero-order valence-electron chi connectivity index (χ0n) is 14.0. The van der Waals surface area contributed by atoms with Crippen LogP contribution in [0.4, 0.5) is 0 Å². The van der Waals surface area contributed by atoms with Crippen LogP contribution in [0.1, 0.15) is 47.0 Å². The molecule has 2 unspecified atom stereocenters. The second-order valence-corrected chi connectivity index (χ2v) is 9.00. The molecule has 0 aromatic heterocycles. The normalized spacial score (nSPS) is 57.9. The van der Waals surface area contributed by atoms with Crippen molar-refractivity contribution in [1.29, 1.82) is 0 Å². The largest absolute Gasteiger partial charge is 0.392 e. The van der Waals surface area contributed by atoms with Crippen molar-refractivity contribution in [2.45, 2.75) is 64.3 Å². The Bertz CT molecular complexity index is 446. The van der Waals surface area contributed by atoms with Gasteiger partial charge in [0.05, 0.1) is 24.0 Å². The minimum absolute atomic E-state index is 0.0352. The summed E-state index contributed by atoms with van der Waals surface area (Å²) in [4.78, 5) is 5.42. The number of aliphatic hydroxyl groups excluding tert-OH is 1. The fraction of sp³-hybridized carbons (Fsp3) is 1.00. The molecule has 4 heteroatoms. The lowest BCUT2D eigenvalue weighted by Crippen LogP contribution is -2.85. The maximum atomic E-state index is 10.9. The lowest BCUT2D eigenvalue weighted by Gasteiger charge is -2.74. The van der Waals surface area contributed by atoms with Gasteiger partial charge in [-0.1, -0.05) is 13.8 Å². The number of rotatable bonds is 1. The standard InChI is InChI=1S/C17H30N2O2/c1-5-16-11-18-9-15(4,13(16)20)10-19(12-16)17(18)6-7-21-14(2,3)8-17/h13,20H,5-12H2,1-4H3/t13-,15?,16?,17?/m1/s1. The number of nitrogens with zero attached hydrogens (tertiary/aromatic N) is 2. The highest BCUT2D eigenvalue weighted by Crippen LogP contribution is 2.58. The van der Waals surface area contributed by atoms with Gasteiger partial charge in [0.2, 0.25) is 0 Å². The molecule has 4 bridgehead atoms. The second-order valence-electron chi connectivity index (χ2n) is 9.00. The average molecular weight is 294 g/mol. The molecule has 5 aliphatic rings. The molecule has 0 saturated carbocycles. The van der Waals surface area contributed by atoms with Crippen molar-refractivity contribution in [3.8, 4) is 0 Å². The summed E-state index contributed by atoms with van der Waals surface area (Å²) < 4.78 is 5.99. The number of piperidine rings is 2. The summed E-state index contributed by atoms with van der Waals surface area (Å²) >= 11 is 0. The molecule has 5 fully saturated rings. The molecule has 1 N–H and O–H groups in total. The van der Waals surface area contributed by atoms with Crippen LogP contribution in [0.15, 0.2) is 0 Å². The van der Waals surface area contributed by atoms with Gasteiger partial charge in [0.15, 0.2) is 0 Å². The van der Waals surface area contributed by atoms with Crippen molar-refractivity contribution >= 4 is 0 Å². The summed E-state index contributed by atoms with van der Waals surface area (Å²) in [7, 11) is 0. The zero-order chi connectivity index (χ0) is 15.1. The first-order valence-electron chi connectivity index (χ1n) is 8.58. The molecule has 5 rings (SSSR count). The highest BCUT2D eigenvalue weighted by molar-refractivity contribution is 5.19. The van der Waals surface area contributed by atoms with E-state index in [-0.39, 0.29) is 28.2 Å². The lowest BCUT2D eigenvalue weighted by molar-refractivity contribution is -0.316. The van der Waals surface area contributed by atoms with Gasteiger partial charge in [0.1, 0.15) is 0 Å². The van der Waals surface area contributed by atoms with Crippen LogP contribution in [0.3, 0.4) is 0 Å². The molecule has 0 aromatic carbocycles. The van der Waals surface area contributed by atoms with Crippen LogP contribution in [0, 0.1) is 10.8 Å². The van der Waals surface area contributed by atoms with Crippen molar-refractivity contribution < 1.29 is 9.84 Å². The van der Waals surface area contributed by atoms with Crippen LogP contribution in [0.2, 0.25) is 0 Å². The van der Waals surface area contributed by atoms with E-state index in [1.165, 1.54) is 0 Å². The zero-order valence-corrected chi connectivity index (χ0v) is 14.0. The predicted molar refractivity (Wildman–Crippen MR) is 82.0 cm³/mol. The van der Waals surface area contributed by atoms with E-state index in [4.69, 9.17) is 4.74 Å². The first-order valence-corrected chi connectivity index (χ1v) is 8.58. The van der Waals surface area contributed by atoms with E-state index >= 15 is 0 Å². The monoisotopic (exact) mass is 294 g/mol. The van der Waals surface area contributed by atoms with Crippen LogP contribution in [-0.2, 0) is 4.74 Å². The van der Waals surface area contributed by atoms with E-state index in [1.807, 2.05) is 0 Å². The van der Waals surface area contributed by atoms with Crippen molar-refractivity contribution in [1.82, 2.24) is 9.80 Å². The Morgan fingerprint density at radius 1 is 1.10 bits per heavy atom. The van der Waals surface area contributed by atoms with Gasteiger partial charge in [-0.2, -0.15) is 0 Å². The number of aliphatic hydroxyl groups is 1. The molecule has 5 saturated heterocycles. The minimum Gasteiger partial charge on any atom is -0.392 e. The van der Waals surface area contributed by atoms with E-state index in [1.54, 1.807) is 0 Å². The van der Waals surface area contributed by atoms with Gasteiger partial charge in [-0.25, -0.2) is 0 Å². The quantitative estimate of drug-likeness (QED) is 0.798. The number of hydrogen-bond acceptors (Lipinski definition) is 4. The first-order chi connectivity index (χ1) is 9.75. The van der Waals surface area contributed by atoms with E-state index in [0.29, 0.717) is 0 Å². The molecule has 3 atom stereocenters. The summed E-state index contributed by atoms with van der Waals surface area (Å²) in [6.45, 7) is 14.1. The van der Waals surface area contributed by atoms with Crippen LogP contribution < -0.4 is 0 Å². The second kappa shape index (κ2) is 4.02. The highest BCUT2D eigenvalue weighted by atomic mass is 16.5. The molecule has 1 spiro atoms. The third-order valence-corrected chi connectivity index (χ3v) is 6.94. The van der Waals surface area contributed by atoms with Crippen LogP contribution >= 0.6 is 0 Å². The van der Waals surface area contributed by atoms with Gasteiger partial charge in [-0.3, -0.25) is 9.80 Å². The molecular formula is C17H30N2O2. The van der Waals surface area contributed by atoms with Crippen LogP contribution in [-0.4, -0.2) is 65.1 Å². The van der Waals surface area contributed by atoms with Crippen molar-refractivity contribution in [3.63, 3.8) is 0 Å². The van der Waals surface area contributed by atoms with Gasteiger partial charge in [0.25, 0.3) is 0 Å². The molecule has 21 heavy (non-hydrogen) atoms. The summed E-state index contributed by atoms with van der Waals surface area (Å²) in [6, 6.07) is 0. The first kappa shape index (κ1) is 14.4. The third kappa shape index (κ3) is 1.71. The fourth-order valence-electron chi connectivity index (χ4n) is 5.99. The molecule has 4 nitrogen and oxygen atoms in total. The number of ether oxygens (including phenoxy) is 1. The molecule has 0 aliphatic carbocycles. The summed E-state index contributed by atoms with van der Waals surface area (Å²) in [5, 5.41) is 10.9. The molecule has 120 valence electrons. The Morgan fingerprint density at radius 3 is 2.24 bits per heavy atom. The van der Waals surface area contributed by atoms with E-state index in [0.717, 1.165) is 52.0 Å². The molecule has 5 heterocycles. The predicted octanol–water partition coefficient (Wildman–Crippen LogP) is 1.68. The Morgan fingerprint density at radius 2 is 1.71 bits per heavy atom. The van der Waals surface area contributed by atoms with Crippen LogP contribution in [0.25, 0.3) is 0 Å². The molecule has 5 aliphatic heterocycles. The topological polar surface area (TPSA) is 35.9 Å². The maximum absolute atomic E-state index is 10.9. The average Bonchev–Trinajstić information content (AvgIpc) is 2.38. The molecule has 0 aromatic rings. The van der Waals surface area contributed by atoms with Crippen LogP contribution in [0.5, 0.6) is 0 Å². The van der Waals surface area contributed by atoms with Gasteiger partial charge in [0, 0.05) is 49.9 Å². The van der Waals surface area contributed by atoms with Gasteiger partial charge in [-0.15, -0.1) is 0 Å². The van der Waals surface area contributed by atoms with Crippen molar-refractivity contribution in [3.05, 3.63) is 0 Å². The van der Waals surface area contributed by atoms with E-state index in [2.05, 4.69) is 37.5 Å². The number of hydrogen-bond donors (Lipinski definition) is 1. The fourth-order valence-corrected chi connectivity index (χ4v) is 5.99. The molecule has 0 amide bonds. The van der Waals surface area contributed by atoms with Gasteiger partial charge in [-0.05, 0) is 20.3 Å². The Hall–Kier alpha value is -0.160. The SMILES string of the molecule is CCC12CN3CC(C)(CN(C1)C31CCOC(C)(C)C1)[C@H]2O.